The van der Waals surface area contributed by atoms with Crippen molar-refractivity contribution in [2.45, 2.75) is 32.4 Å². The number of Topliss-reactive ketones (excluding diaryl/α,β-unsaturated/α-hetero) is 1. The van der Waals surface area contributed by atoms with Crippen molar-refractivity contribution < 1.29 is 24.2 Å². The predicted octanol–water partition coefficient (Wildman–Crippen LogP) is 3.62. The van der Waals surface area contributed by atoms with Crippen LogP contribution >= 0.6 is 0 Å². The maximum absolute atomic E-state index is 13.1. The molecule has 0 radical (unpaired) electrons. The van der Waals surface area contributed by atoms with Crippen molar-refractivity contribution in [2.24, 2.45) is 0 Å². The molecule has 2 heterocycles. The number of morpholine rings is 1. The van der Waals surface area contributed by atoms with Gasteiger partial charge in [0.15, 0.2) is 0 Å². The van der Waals surface area contributed by atoms with Crippen molar-refractivity contribution in [3.63, 3.8) is 0 Å². The first-order valence-electron chi connectivity index (χ1n) is 11.9. The summed E-state index contributed by atoms with van der Waals surface area (Å²) in [5, 5.41) is 11.1. The van der Waals surface area contributed by atoms with Crippen LogP contribution in [0.25, 0.3) is 5.76 Å². The first-order valence-corrected chi connectivity index (χ1v) is 11.9. The number of ketones is 1. The van der Waals surface area contributed by atoms with Crippen molar-refractivity contribution in [1.82, 2.24) is 9.80 Å². The number of carbonyl (C=O) groups is 2. The Morgan fingerprint density at radius 2 is 1.71 bits per heavy atom. The van der Waals surface area contributed by atoms with Gasteiger partial charge in [-0.3, -0.25) is 14.5 Å². The highest BCUT2D eigenvalue weighted by molar-refractivity contribution is 6.46. The number of likely N-dealkylation sites (tertiary alicyclic amines) is 1. The van der Waals surface area contributed by atoms with Gasteiger partial charge < -0.3 is 19.5 Å². The minimum atomic E-state index is -0.655. The van der Waals surface area contributed by atoms with E-state index in [-0.39, 0.29) is 17.4 Å². The number of ether oxygens (including phenoxy) is 2. The van der Waals surface area contributed by atoms with Crippen molar-refractivity contribution in [1.29, 1.82) is 0 Å². The Balaban J connectivity index is 1.64. The molecule has 0 aliphatic carbocycles. The SMILES string of the molecule is CC(C)Oc1ccc([C@H]2/C(=C(\O)c3ccccc3)C(=O)C(=O)N2CCCN2CCOCC2)cc1. The fraction of sp³-hybridized carbons (Fsp3) is 0.407. The molecule has 2 aliphatic rings. The van der Waals surface area contributed by atoms with Crippen molar-refractivity contribution in [2.75, 3.05) is 39.4 Å². The molecule has 2 aromatic carbocycles. The van der Waals surface area contributed by atoms with Gasteiger partial charge in [0.1, 0.15) is 11.5 Å². The van der Waals surface area contributed by atoms with Gasteiger partial charge in [0.2, 0.25) is 0 Å². The van der Waals surface area contributed by atoms with E-state index in [9.17, 15) is 14.7 Å². The summed E-state index contributed by atoms with van der Waals surface area (Å²) in [7, 11) is 0. The van der Waals surface area contributed by atoms with Gasteiger partial charge in [0.05, 0.1) is 30.9 Å². The Morgan fingerprint density at radius 1 is 1.03 bits per heavy atom. The molecule has 7 nitrogen and oxygen atoms in total. The summed E-state index contributed by atoms with van der Waals surface area (Å²) in [5.41, 5.74) is 1.40. The van der Waals surface area contributed by atoms with Crippen LogP contribution in [-0.4, -0.2) is 72.1 Å². The zero-order valence-electron chi connectivity index (χ0n) is 19.8. The van der Waals surface area contributed by atoms with Gasteiger partial charge in [0.25, 0.3) is 11.7 Å². The lowest BCUT2D eigenvalue weighted by atomic mass is 9.95. The van der Waals surface area contributed by atoms with Gasteiger partial charge in [0, 0.05) is 31.7 Å². The number of hydrogen-bond acceptors (Lipinski definition) is 6. The summed E-state index contributed by atoms with van der Waals surface area (Å²) in [6.07, 6.45) is 0.762. The second-order valence-electron chi connectivity index (χ2n) is 8.90. The highest BCUT2D eigenvalue weighted by atomic mass is 16.5. The van der Waals surface area contributed by atoms with Gasteiger partial charge in [-0.05, 0) is 38.0 Å². The van der Waals surface area contributed by atoms with E-state index in [2.05, 4.69) is 4.90 Å². The van der Waals surface area contributed by atoms with E-state index in [0.717, 1.165) is 31.6 Å². The summed E-state index contributed by atoms with van der Waals surface area (Å²) in [6, 6.07) is 15.6. The first kappa shape index (κ1) is 24.0. The molecule has 180 valence electrons. The number of aliphatic hydroxyl groups excluding tert-OH is 1. The Morgan fingerprint density at radius 3 is 2.35 bits per heavy atom. The van der Waals surface area contributed by atoms with E-state index in [1.54, 1.807) is 29.2 Å². The van der Waals surface area contributed by atoms with Crippen LogP contribution in [0.15, 0.2) is 60.2 Å². The van der Waals surface area contributed by atoms with Crippen LogP contribution in [0.4, 0.5) is 0 Å². The molecule has 4 rings (SSSR count). The smallest absolute Gasteiger partial charge is 0.295 e. The number of rotatable bonds is 8. The van der Waals surface area contributed by atoms with E-state index >= 15 is 0 Å². The maximum Gasteiger partial charge on any atom is 0.295 e. The molecule has 2 aliphatic heterocycles. The number of nitrogens with zero attached hydrogens (tertiary/aromatic N) is 2. The van der Waals surface area contributed by atoms with Gasteiger partial charge in [-0.15, -0.1) is 0 Å². The zero-order chi connectivity index (χ0) is 24.1. The molecular formula is C27H32N2O5. The van der Waals surface area contributed by atoms with E-state index in [0.29, 0.717) is 31.1 Å². The normalized spacial score (nSPS) is 20.8. The quantitative estimate of drug-likeness (QED) is 0.365. The fourth-order valence-corrected chi connectivity index (χ4v) is 4.50. The minimum absolute atomic E-state index is 0.0368. The van der Waals surface area contributed by atoms with Gasteiger partial charge >= 0.3 is 0 Å². The zero-order valence-corrected chi connectivity index (χ0v) is 19.8. The molecule has 7 heteroatoms. The molecule has 34 heavy (non-hydrogen) atoms. The molecule has 1 N–H and O–H groups in total. The Bertz CT molecular complexity index is 1030. The number of benzene rings is 2. The molecule has 0 saturated carbocycles. The molecule has 0 aromatic heterocycles. The monoisotopic (exact) mass is 464 g/mol. The third kappa shape index (κ3) is 5.32. The predicted molar refractivity (Wildman–Crippen MR) is 130 cm³/mol. The van der Waals surface area contributed by atoms with Crippen LogP contribution in [0.3, 0.4) is 0 Å². The topological polar surface area (TPSA) is 79.3 Å². The average molecular weight is 465 g/mol. The Kier molecular flexibility index (Phi) is 7.65. The molecule has 2 saturated heterocycles. The molecule has 2 fully saturated rings. The summed E-state index contributed by atoms with van der Waals surface area (Å²) < 4.78 is 11.2. The molecule has 1 atom stereocenters. The third-order valence-corrected chi connectivity index (χ3v) is 6.13. The first-order chi connectivity index (χ1) is 16.5. The Hall–Kier alpha value is -3.16. The van der Waals surface area contributed by atoms with Crippen LogP contribution in [0, 0.1) is 0 Å². The lowest BCUT2D eigenvalue weighted by Crippen LogP contribution is -2.38. The fourth-order valence-electron chi connectivity index (χ4n) is 4.50. The summed E-state index contributed by atoms with van der Waals surface area (Å²) in [4.78, 5) is 30.1. The lowest BCUT2D eigenvalue weighted by Gasteiger charge is -2.29. The van der Waals surface area contributed by atoms with Crippen LogP contribution in [-0.2, 0) is 14.3 Å². The molecule has 0 spiro atoms. The number of amides is 1. The minimum Gasteiger partial charge on any atom is -0.507 e. The summed E-state index contributed by atoms with van der Waals surface area (Å²) >= 11 is 0. The molecule has 0 unspecified atom stereocenters. The molecule has 0 bridgehead atoms. The lowest BCUT2D eigenvalue weighted by molar-refractivity contribution is -0.140. The number of carbonyl (C=O) groups excluding carboxylic acids is 2. The van der Waals surface area contributed by atoms with Crippen LogP contribution in [0.1, 0.15) is 37.4 Å². The van der Waals surface area contributed by atoms with E-state index in [1.165, 1.54) is 0 Å². The largest absolute Gasteiger partial charge is 0.507 e. The average Bonchev–Trinajstić information content (AvgIpc) is 3.10. The van der Waals surface area contributed by atoms with Crippen LogP contribution in [0.2, 0.25) is 0 Å². The summed E-state index contributed by atoms with van der Waals surface area (Å²) in [5.74, 6) is -0.666. The van der Waals surface area contributed by atoms with Gasteiger partial charge in [-0.1, -0.05) is 42.5 Å². The second-order valence-corrected chi connectivity index (χ2v) is 8.90. The van der Waals surface area contributed by atoms with E-state index in [1.807, 2.05) is 44.2 Å². The highest BCUT2D eigenvalue weighted by Gasteiger charge is 2.45. The molecule has 2 aromatic rings. The van der Waals surface area contributed by atoms with Crippen LogP contribution < -0.4 is 4.74 Å². The van der Waals surface area contributed by atoms with E-state index < -0.39 is 17.7 Å². The van der Waals surface area contributed by atoms with Crippen molar-refractivity contribution >= 4 is 17.4 Å². The third-order valence-electron chi connectivity index (χ3n) is 6.13. The van der Waals surface area contributed by atoms with Crippen molar-refractivity contribution in [3.8, 4) is 5.75 Å². The van der Waals surface area contributed by atoms with Crippen molar-refractivity contribution in [3.05, 3.63) is 71.3 Å². The standard InChI is InChI=1S/C27H32N2O5/c1-19(2)34-22-11-9-20(10-12-22)24-23(25(30)21-7-4-3-5-8-21)26(31)27(32)29(24)14-6-13-28-15-17-33-18-16-28/h3-5,7-12,19,24,30H,6,13-18H2,1-2H3/b25-23+/t24-/m0/s1. The molecular weight excluding hydrogens is 432 g/mol. The van der Waals surface area contributed by atoms with Gasteiger partial charge in [-0.25, -0.2) is 0 Å². The number of aliphatic hydroxyl groups is 1. The van der Waals surface area contributed by atoms with Gasteiger partial charge in [-0.2, -0.15) is 0 Å². The van der Waals surface area contributed by atoms with E-state index in [4.69, 9.17) is 9.47 Å². The Labute approximate surface area is 200 Å². The van der Waals surface area contributed by atoms with Crippen LogP contribution in [0.5, 0.6) is 5.75 Å². The second kappa shape index (κ2) is 10.8. The molecule has 1 amide bonds. The summed E-state index contributed by atoms with van der Waals surface area (Å²) in [6.45, 7) is 8.32. The number of hydrogen-bond donors (Lipinski definition) is 1. The highest BCUT2D eigenvalue weighted by Crippen LogP contribution is 2.39. The maximum atomic E-state index is 13.1.